The molecule has 148 valence electrons. The van der Waals surface area contributed by atoms with Crippen molar-refractivity contribution in [2.45, 2.75) is 32.7 Å². The third-order valence-corrected chi connectivity index (χ3v) is 4.14. The van der Waals surface area contributed by atoms with Gasteiger partial charge in [-0.1, -0.05) is 0 Å². The molecule has 0 atom stereocenters. The molecule has 1 aliphatic rings. The normalized spacial score (nSPS) is 13.6. The van der Waals surface area contributed by atoms with Crippen molar-refractivity contribution in [3.63, 3.8) is 0 Å². The van der Waals surface area contributed by atoms with Crippen LogP contribution in [0.2, 0.25) is 0 Å². The maximum Gasteiger partial charge on any atom is 0.449 e. The van der Waals surface area contributed by atoms with Gasteiger partial charge in [0.2, 0.25) is 5.76 Å². The predicted octanol–water partition coefficient (Wildman–Crippen LogP) is 3.66. The van der Waals surface area contributed by atoms with Crippen molar-refractivity contribution in [1.29, 1.82) is 0 Å². The molecule has 1 N–H and O–H groups in total. The fraction of sp³-hybridized carbons (Fsp3) is 0.375. The highest BCUT2D eigenvalue weighted by Gasteiger charge is 2.38. The Balaban J connectivity index is 0.00000131. The second-order valence-corrected chi connectivity index (χ2v) is 6.01. The van der Waals surface area contributed by atoms with E-state index in [1.54, 1.807) is 17.0 Å². The van der Waals surface area contributed by atoms with Crippen LogP contribution in [-0.2, 0) is 25.8 Å². The molecule has 1 aliphatic heterocycles. The molecule has 0 bridgehead atoms. The largest absolute Gasteiger partial charge is 0.456 e. The van der Waals surface area contributed by atoms with Crippen LogP contribution in [0.5, 0.6) is 0 Å². The van der Waals surface area contributed by atoms with Crippen molar-refractivity contribution in [2.75, 3.05) is 6.54 Å². The van der Waals surface area contributed by atoms with E-state index in [9.17, 15) is 13.2 Å². The first-order valence-electron chi connectivity index (χ1n) is 7.87. The van der Waals surface area contributed by atoms with Crippen molar-refractivity contribution in [1.82, 2.24) is 24.6 Å². The zero-order valence-corrected chi connectivity index (χ0v) is 15.9. The number of aromatic nitrogens is 4. The lowest BCUT2D eigenvalue weighted by molar-refractivity contribution is -0.154. The summed E-state index contributed by atoms with van der Waals surface area (Å²) in [6, 6.07) is 3.32. The Bertz CT molecular complexity index is 892. The maximum absolute atomic E-state index is 13.1. The van der Waals surface area contributed by atoms with Crippen LogP contribution in [0.4, 0.5) is 13.2 Å². The highest BCUT2D eigenvalue weighted by atomic mass is 35.5. The van der Waals surface area contributed by atoms with Gasteiger partial charge in [0.15, 0.2) is 5.82 Å². The van der Waals surface area contributed by atoms with E-state index >= 15 is 0 Å². The molecule has 0 spiro atoms. The van der Waals surface area contributed by atoms with Crippen LogP contribution in [-0.4, -0.2) is 25.9 Å². The Hall–Kier alpha value is -1.97. The average Bonchev–Trinajstić information content (AvgIpc) is 3.24. The van der Waals surface area contributed by atoms with Crippen LogP contribution in [0.25, 0.3) is 11.5 Å². The molecule has 3 aromatic rings. The summed E-state index contributed by atoms with van der Waals surface area (Å²) in [5, 5.41) is 7.77. The van der Waals surface area contributed by atoms with Crippen LogP contribution >= 0.6 is 24.8 Å². The monoisotopic (exact) mass is 423 g/mol. The van der Waals surface area contributed by atoms with Gasteiger partial charge in [-0.2, -0.15) is 18.3 Å². The van der Waals surface area contributed by atoms with Gasteiger partial charge < -0.3 is 14.3 Å². The molecule has 0 saturated carbocycles. The molecule has 0 aliphatic carbocycles. The van der Waals surface area contributed by atoms with Gasteiger partial charge in [-0.25, -0.2) is 4.98 Å². The number of hydrogen-bond acceptors (Lipinski definition) is 4. The van der Waals surface area contributed by atoms with E-state index in [0.717, 1.165) is 18.8 Å². The number of rotatable bonds is 3. The first kappa shape index (κ1) is 21.3. The molecular formula is C16H18Cl2F3N5O. The fourth-order valence-electron chi connectivity index (χ4n) is 3.08. The Labute approximate surface area is 165 Å². The highest BCUT2D eigenvalue weighted by Crippen LogP contribution is 2.34. The summed E-state index contributed by atoms with van der Waals surface area (Å²) in [5.41, 5.74) is 1.76. The standard InChI is InChI=1S/C16H16F3N5O.2ClH/c1-10-6-11(14(25-10)16(17,18)19)9-23-4-3-21-15(23)13-7-12-8-20-2-5-24(12)22-13;;/h3-4,6-7,20H,2,5,8-9H2,1H3;2*1H. The average molecular weight is 424 g/mol. The summed E-state index contributed by atoms with van der Waals surface area (Å²) < 4.78 is 47.8. The minimum absolute atomic E-state index is 0. The SMILES string of the molecule is Cc1cc(Cn2ccnc2-c2cc3n(n2)CCNC3)c(C(F)(F)F)o1.Cl.Cl. The summed E-state index contributed by atoms with van der Waals surface area (Å²) in [4.78, 5) is 4.28. The van der Waals surface area contributed by atoms with Crippen molar-refractivity contribution < 1.29 is 17.6 Å². The summed E-state index contributed by atoms with van der Waals surface area (Å²) in [6.45, 7) is 3.83. The zero-order chi connectivity index (χ0) is 17.6. The molecule has 0 saturated heterocycles. The van der Waals surface area contributed by atoms with Gasteiger partial charge in [0.25, 0.3) is 0 Å². The van der Waals surface area contributed by atoms with E-state index in [-0.39, 0.29) is 42.7 Å². The van der Waals surface area contributed by atoms with Gasteiger partial charge >= 0.3 is 6.18 Å². The van der Waals surface area contributed by atoms with Gasteiger partial charge in [0.05, 0.1) is 18.8 Å². The molecule has 27 heavy (non-hydrogen) atoms. The number of nitrogens with zero attached hydrogens (tertiary/aromatic N) is 4. The first-order chi connectivity index (χ1) is 11.9. The number of halogens is 5. The lowest BCUT2D eigenvalue weighted by atomic mass is 10.2. The number of furan rings is 1. The van der Waals surface area contributed by atoms with Crippen molar-refractivity contribution in [3.8, 4) is 11.5 Å². The topological polar surface area (TPSA) is 60.8 Å². The molecule has 6 nitrogen and oxygen atoms in total. The van der Waals surface area contributed by atoms with Crippen LogP contribution < -0.4 is 5.32 Å². The van der Waals surface area contributed by atoms with Gasteiger partial charge in [-0.15, -0.1) is 24.8 Å². The van der Waals surface area contributed by atoms with Crippen LogP contribution in [0.15, 0.2) is 28.9 Å². The summed E-state index contributed by atoms with van der Waals surface area (Å²) >= 11 is 0. The molecule has 4 rings (SSSR count). The summed E-state index contributed by atoms with van der Waals surface area (Å²) in [5.74, 6) is -0.195. The summed E-state index contributed by atoms with van der Waals surface area (Å²) in [7, 11) is 0. The molecule has 0 fully saturated rings. The van der Waals surface area contributed by atoms with Crippen LogP contribution in [0, 0.1) is 6.92 Å². The molecule has 0 aromatic carbocycles. The van der Waals surface area contributed by atoms with Gasteiger partial charge in [-0.3, -0.25) is 4.68 Å². The molecule has 11 heteroatoms. The molecule has 3 aromatic heterocycles. The predicted molar refractivity (Wildman–Crippen MR) is 97.2 cm³/mol. The number of fused-ring (bicyclic) bond motifs is 1. The maximum atomic E-state index is 13.1. The quantitative estimate of drug-likeness (QED) is 0.698. The minimum atomic E-state index is -4.52. The molecule has 0 amide bonds. The first-order valence-corrected chi connectivity index (χ1v) is 7.87. The number of nitrogens with one attached hydrogen (secondary N) is 1. The van der Waals surface area contributed by atoms with E-state index in [1.807, 2.05) is 10.7 Å². The molecule has 0 unspecified atom stereocenters. The Morgan fingerprint density at radius 1 is 1.26 bits per heavy atom. The van der Waals surface area contributed by atoms with Gasteiger partial charge in [-0.05, 0) is 19.1 Å². The van der Waals surface area contributed by atoms with Crippen molar-refractivity contribution in [2.24, 2.45) is 0 Å². The van der Waals surface area contributed by atoms with Gasteiger partial charge in [0.1, 0.15) is 11.5 Å². The van der Waals surface area contributed by atoms with Crippen LogP contribution in [0.3, 0.4) is 0 Å². The molecular weight excluding hydrogens is 406 g/mol. The number of imidazole rings is 1. The van der Waals surface area contributed by atoms with E-state index in [2.05, 4.69) is 15.4 Å². The second kappa shape index (κ2) is 7.95. The Morgan fingerprint density at radius 3 is 2.74 bits per heavy atom. The number of hydrogen-bond donors (Lipinski definition) is 1. The zero-order valence-electron chi connectivity index (χ0n) is 14.3. The Morgan fingerprint density at radius 2 is 2.04 bits per heavy atom. The third-order valence-electron chi connectivity index (χ3n) is 4.14. The molecule has 0 radical (unpaired) electrons. The van der Waals surface area contributed by atoms with E-state index in [0.29, 0.717) is 18.1 Å². The van der Waals surface area contributed by atoms with Gasteiger partial charge in [0, 0.05) is 31.0 Å². The lowest BCUT2D eigenvalue weighted by Crippen LogP contribution is -2.28. The third kappa shape index (κ3) is 4.15. The van der Waals surface area contributed by atoms with E-state index in [1.165, 1.54) is 13.0 Å². The molecule has 4 heterocycles. The smallest absolute Gasteiger partial charge is 0.449 e. The Kier molecular flexibility index (Phi) is 6.28. The highest BCUT2D eigenvalue weighted by molar-refractivity contribution is 5.85. The summed E-state index contributed by atoms with van der Waals surface area (Å²) in [6.07, 6.45) is -1.32. The number of alkyl halides is 3. The fourth-order valence-corrected chi connectivity index (χ4v) is 3.08. The van der Waals surface area contributed by atoms with E-state index in [4.69, 9.17) is 4.42 Å². The minimum Gasteiger partial charge on any atom is -0.456 e. The van der Waals surface area contributed by atoms with E-state index < -0.39 is 11.9 Å². The second-order valence-electron chi connectivity index (χ2n) is 6.01. The number of aryl methyl sites for hydroxylation is 1. The lowest BCUT2D eigenvalue weighted by Gasteiger charge is -2.13. The van der Waals surface area contributed by atoms with Crippen molar-refractivity contribution in [3.05, 3.63) is 47.3 Å². The van der Waals surface area contributed by atoms with Crippen LogP contribution in [0.1, 0.15) is 22.8 Å². The van der Waals surface area contributed by atoms with Crippen molar-refractivity contribution >= 4 is 24.8 Å².